The van der Waals surface area contributed by atoms with Crippen LogP contribution in [-0.2, 0) is 0 Å². The summed E-state index contributed by atoms with van der Waals surface area (Å²) >= 11 is 11.9. The van der Waals surface area contributed by atoms with Crippen molar-refractivity contribution in [2.75, 3.05) is 0 Å². The minimum absolute atomic E-state index is 0.00125. The molecule has 0 saturated heterocycles. The molecule has 0 saturated carbocycles. The molecule has 0 heterocycles. The van der Waals surface area contributed by atoms with Crippen molar-refractivity contribution in [3.8, 4) is 16.9 Å². The molecule has 0 spiro atoms. The van der Waals surface area contributed by atoms with Crippen molar-refractivity contribution in [3.05, 3.63) is 52.5 Å². The van der Waals surface area contributed by atoms with Crippen LogP contribution in [0, 0.1) is 0 Å². The molecule has 0 fully saturated rings. The highest BCUT2D eigenvalue weighted by Gasteiger charge is 2.10. The van der Waals surface area contributed by atoms with Crippen LogP contribution in [0.25, 0.3) is 11.1 Å². The van der Waals surface area contributed by atoms with Crippen LogP contribution in [0.1, 0.15) is 0 Å². The quantitative estimate of drug-likeness (QED) is 0.783. The Morgan fingerprint density at radius 1 is 0.800 bits per heavy atom. The zero-order valence-corrected chi connectivity index (χ0v) is 9.26. The number of hydrogen-bond donors (Lipinski definition) is 1. The van der Waals surface area contributed by atoms with Crippen LogP contribution in [0.3, 0.4) is 0 Å². The number of halogens is 2. The van der Waals surface area contributed by atoms with Crippen molar-refractivity contribution in [2.45, 2.75) is 0 Å². The van der Waals surface area contributed by atoms with E-state index in [9.17, 15) is 5.11 Å². The Labute approximate surface area is 97.9 Å². The minimum Gasteiger partial charge on any atom is -0.506 e. The normalized spacial score (nSPS) is 10.3. The average molecular weight is 239 g/mol. The molecule has 76 valence electrons. The molecule has 0 amide bonds. The Morgan fingerprint density at radius 3 is 2.13 bits per heavy atom. The van der Waals surface area contributed by atoms with E-state index in [1.807, 2.05) is 30.3 Å². The van der Waals surface area contributed by atoms with Gasteiger partial charge in [-0.15, -0.1) is 0 Å². The lowest BCUT2D eigenvalue weighted by Gasteiger charge is -2.06. The van der Waals surface area contributed by atoms with Gasteiger partial charge in [0.25, 0.3) is 0 Å². The van der Waals surface area contributed by atoms with Crippen LogP contribution >= 0.6 is 23.2 Å². The lowest BCUT2D eigenvalue weighted by molar-refractivity contribution is 0.475. The predicted molar refractivity (Wildman–Crippen MR) is 63.6 cm³/mol. The summed E-state index contributed by atoms with van der Waals surface area (Å²) in [4.78, 5) is 0. The molecule has 3 heteroatoms. The highest BCUT2D eigenvalue weighted by Crippen LogP contribution is 2.38. The van der Waals surface area contributed by atoms with E-state index in [-0.39, 0.29) is 10.8 Å². The maximum Gasteiger partial charge on any atom is 0.135 e. The van der Waals surface area contributed by atoms with E-state index in [4.69, 9.17) is 23.2 Å². The second-order valence-electron chi connectivity index (χ2n) is 3.13. The lowest BCUT2D eigenvalue weighted by atomic mass is 10.1. The van der Waals surface area contributed by atoms with Gasteiger partial charge in [-0.05, 0) is 17.7 Å². The molecule has 0 bridgehead atoms. The molecule has 2 aromatic carbocycles. The van der Waals surface area contributed by atoms with Gasteiger partial charge in [0.15, 0.2) is 0 Å². The van der Waals surface area contributed by atoms with E-state index in [0.29, 0.717) is 5.02 Å². The van der Waals surface area contributed by atoms with Gasteiger partial charge in [0.1, 0.15) is 10.8 Å². The molecule has 0 aromatic heterocycles. The summed E-state index contributed by atoms with van der Waals surface area (Å²) in [5.74, 6) is 0.00125. The van der Waals surface area contributed by atoms with Gasteiger partial charge in [-0.1, -0.05) is 53.5 Å². The number of phenolic OH excluding ortho intramolecular Hbond substituents is 1. The number of rotatable bonds is 1. The monoisotopic (exact) mass is 238 g/mol. The highest BCUT2D eigenvalue weighted by molar-refractivity contribution is 6.44. The second-order valence-corrected chi connectivity index (χ2v) is 3.88. The van der Waals surface area contributed by atoms with Gasteiger partial charge < -0.3 is 5.11 Å². The van der Waals surface area contributed by atoms with Crippen LogP contribution in [0.2, 0.25) is 10.0 Å². The van der Waals surface area contributed by atoms with Crippen molar-refractivity contribution in [2.24, 2.45) is 0 Å². The fraction of sp³-hybridized carbons (Fsp3) is 0. The van der Waals surface area contributed by atoms with E-state index in [0.717, 1.165) is 11.1 Å². The molecule has 0 atom stereocenters. The summed E-state index contributed by atoms with van der Waals surface area (Å²) in [5, 5.41) is 9.93. The van der Waals surface area contributed by atoms with E-state index in [1.54, 1.807) is 6.07 Å². The van der Waals surface area contributed by atoms with Gasteiger partial charge in [-0.3, -0.25) is 0 Å². The van der Waals surface area contributed by atoms with Crippen molar-refractivity contribution in [1.29, 1.82) is 0 Å². The molecule has 0 aliphatic heterocycles. The fourth-order valence-electron chi connectivity index (χ4n) is 1.38. The Morgan fingerprint density at radius 2 is 1.47 bits per heavy atom. The molecule has 2 rings (SSSR count). The van der Waals surface area contributed by atoms with E-state index < -0.39 is 0 Å². The first-order valence-electron chi connectivity index (χ1n) is 4.42. The molecular weight excluding hydrogens is 231 g/mol. The van der Waals surface area contributed by atoms with Gasteiger partial charge in [0, 0.05) is 5.56 Å². The Balaban J connectivity index is 2.60. The van der Waals surface area contributed by atoms with Gasteiger partial charge in [0.05, 0.1) is 5.02 Å². The highest BCUT2D eigenvalue weighted by atomic mass is 35.5. The zero-order valence-electron chi connectivity index (χ0n) is 7.74. The summed E-state index contributed by atoms with van der Waals surface area (Å²) < 4.78 is 0. The molecular formula is C12H8Cl2O. The van der Waals surface area contributed by atoms with Crippen molar-refractivity contribution in [3.63, 3.8) is 0 Å². The van der Waals surface area contributed by atoms with Crippen molar-refractivity contribution in [1.82, 2.24) is 0 Å². The lowest BCUT2D eigenvalue weighted by Crippen LogP contribution is -1.80. The maximum absolute atomic E-state index is 9.36. The SMILES string of the molecule is Oc1ccc(-c2ccccc2)c(Cl)c1Cl. The smallest absolute Gasteiger partial charge is 0.135 e. The topological polar surface area (TPSA) is 20.2 Å². The Kier molecular flexibility index (Phi) is 2.85. The summed E-state index contributed by atoms with van der Waals surface area (Å²) in [7, 11) is 0. The van der Waals surface area contributed by atoms with Crippen LogP contribution in [0.5, 0.6) is 5.75 Å². The number of hydrogen-bond acceptors (Lipinski definition) is 1. The Bertz CT molecular complexity index is 480. The number of phenols is 1. The van der Waals surface area contributed by atoms with Gasteiger partial charge >= 0.3 is 0 Å². The van der Waals surface area contributed by atoms with E-state index in [2.05, 4.69) is 0 Å². The second kappa shape index (κ2) is 4.13. The molecule has 0 aliphatic carbocycles. The molecule has 0 aliphatic rings. The predicted octanol–water partition coefficient (Wildman–Crippen LogP) is 4.37. The van der Waals surface area contributed by atoms with Gasteiger partial charge in [-0.2, -0.15) is 0 Å². The maximum atomic E-state index is 9.36. The van der Waals surface area contributed by atoms with Crippen molar-refractivity contribution >= 4 is 23.2 Å². The molecule has 2 aromatic rings. The summed E-state index contributed by atoms with van der Waals surface area (Å²) in [6.07, 6.45) is 0. The van der Waals surface area contributed by atoms with Gasteiger partial charge in [-0.25, -0.2) is 0 Å². The van der Waals surface area contributed by atoms with Gasteiger partial charge in [0.2, 0.25) is 0 Å². The number of benzene rings is 2. The first-order valence-corrected chi connectivity index (χ1v) is 5.18. The van der Waals surface area contributed by atoms with Crippen LogP contribution in [-0.4, -0.2) is 5.11 Å². The molecule has 1 nitrogen and oxygen atoms in total. The summed E-state index contributed by atoms with van der Waals surface area (Å²) in [6, 6.07) is 12.9. The molecule has 0 radical (unpaired) electrons. The first kappa shape index (κ1) is 10.3. The van der Waals surface area contributed by atoms with E-state index in [1.165, 1.54) is 6.07 Å². The van der Waals surface area contributed by atoms with Crippen LogP contribution in [0.4, 0.5) is 0 Å². The number of aromatic hydroxyl groups is 1. The van der Waals surface area contributed by atoms with Crippen LogP contribution in [0.15, 0.2) is 42.5 Å². The zero-order chi connectivity index (χ0) is 10.8. The Hall–Kier alpha value is -1.18. The van der Waals surface area contributed by atoms with Crippen molar-refractivity contribution < 1.29 is 5.11 Å². The molecule has 0 unspecified atom stereocenters. The fourth-order valence-corrected chi connectivity index (χ4v) is 1.81. The van der Waals surface area contributed by atoms with E-state index >= 15 is 0 Å². The molecule has 15 heavy (non-hydrogen) atoms. The summed E-state index contributed by atoms with van der Waals surface area (Å²) in [6.45, 7) is 0. The molecule has 1 N–H and O–H groups in total. The summed E-state index contributed by atoms with van der Waals surface area (Å²) in [5.41, 5.74) is 1.80. The minimum atomic E-state index is 0.00125. The standard InChI is InChI=1S/C12H8Cl2O/c13-11-9(6-7-10(15)12(11)14)8-4-2-1-3-5-8/h1-7,15H. The third-order valence-electron chi connectivity index (χ3n) is 2.15. The largest absolute Gasteiger partial charge is 0.506 e. The third-order valence-corrected chi connectivity index (χ3v) is 3.02. The average Bonchev–Trinajstić information content (AvgIpc) is 2.27. The third kappa shape index (κ3) is 1.94. The van der Waals surface area contributed by atoms with Crippen LogP contribution < -0.4 is 0 Å². The first-order chi connectivity index (χ1) is 7.20.